The Kier molecular flexibility index (Phi) is 4.87. The quantitative estimate of drug-likeness (QED) is 0.790. The number of aliphatic hydroxyl groups is 1. The van der Waals surface area contributed by atoms with Crippen LogP contribution in [0.15, 0.2) is 0 Å². The molecular weight excluding hydrogens is 210 g/mol. The maximum absolute atomic E-state index is 9.82. The highest BCUT2D eigenvalue weighted by Gasteiger charge is 2.28. The Morgan fingerprint density at radius 3 is 2.53 bits per heavy atom. The van der Waals surface area contributed by atoms with Gasteiger partial charge in [-0.1, -0.05) is 33.1 Å². The Morgan fingerprint density at radius 2 is 1.88 bits per heavy atom. The minimum absolute atomic E-state index is 0.0352. The van der Waals surface area contributed by atoms with Crippen molar-refractivity contribution in [2.75, 3.05) is 6.54 Å². The molecule has 0 spiro atoms. The molecule has 2 rings (SSSR count). The summed E-state index contributed by atoms with van der Waals surface area (Å²) in [6, 6.07) is 0.712. The maximum atomic E-state index is 9.82. The lowest BCUT2D eigenvalue weighted by Gasteiger charge is -2.33. The normalized spacial score (nSPS) is 38.8. The lowest BCUT2D eigenvalue weighted by atomic mass is 9.79. The predicted octanol–water partition coefficient (Wildman–Crippen LogP) is 2.95. The van der Waals surface area contributed by atoms with Gasteiger partial charge in [-0.15, -0.1) is 0 Å². The Morgan fingerprint density at radius 1 is 1.12 bits per heavy atom. The van der Waals surface area contributed by atoms with Gasteiger partial charge in [0.2, 0.25) is 0 Å². The molecule has 17 heavy (non-hydrogen) atoms. The molecule has 2 aliphatic carbocycles. The smallest absolute Gasteiger partial charge is 0.0580 e. The van der Waals surface area contributed by atoms with Gasteiger partial charge in [0.15, 0.2) is 0 Å². The first-order chi connectivity index (χ1) is 8.16. The molecule has 2 N–H and O–H groups in total. The van der Waals surface area contributed by atoms with E-state index in [9.17, 15) is 5.11 Å². The molecule has 2 fully saturated rings. The van der Waals surface area contributed by atoms with Gasteiger partial charge in [-0.3, -0.25) is 0 Å². The van der Waals surface area contributed by atoms with Crippen molar-refractivity contribution < 1.29 is 5.11 Å². The second-order valence-electron chi connectivity index (χ2n) is 6.53. The van der Waals surface area contributed by atoms with Crippen LogP contribution in [0.1, 0.15) is 58.8 Å². The van der Waals surface area contributed by atoms with Gasteiger partial charge in [0.05, 0.1) is 6.10 Å². The third kappa shape index (κ3) is 3.69. The predicted molar refractivity (Wildman–Crippen MR) is 71.9 cm³/mol. The zero-order valence-corrected chi connectivity index (χ0v) is 11.5. The Labute approximate surface area is 106 Å². The lowest BCUT2D eigenvalue weighted by Crippen LogP contribution is -2.39. The van der Waals surface area contributed by atoms with Crippen LogP contribution in [0.2, 0.25) is 0 Å². The molecule has 0 aliphatic heterocycles. The van der Waals surface area contributed by atoms with Gasteiger partial charge in [-0.05, 0) is 43.4 Å². The van der Waals surface area contributed by atoms with Crippen molar-refractivity contribution in [2.24, 2.45) is 17.8 Å². The van der Waals surface area contributed by atoms with Crippen LogP contribution in [0.5, 0.6) is 0 Å². The molecule has 2 heteroatoms. The summed E-state index contributed by atoms with van der Waals surface area (Å²) < 4.78 is 0. The molecule has 4 atom stereocenters. The third-order valence-electron chi connectivity index (χ3n) is 4.95. The number of rotatable bonds is 4. The van der Waals surface area contributed by atoms with Gasteiger partial charge >= 0.3 is 0 Å². The first-order valence-corrected chi connectivity index (χ1v) is 7.58. The zero-order chi connectivity index (χ0) is 12.3. The van der Waals surface area contributed by atoms with E-state index in [0.717, 1.165) is 24.8 Å². The van der Waals surface area contributed by atoms with Crippen molar-refractivity contribution in [3.8, 4) is 0 Å². The van der Waals surface area contributed by atoms with Crippen LogP contribution in [0.4, 0.5) is 0 Å². The Hall–Kier alpha value is -0.0800. The van der Waals surface area contributed by atoms with Crippen LogP contribution < -0.4 is 5.32 Å². The van der Waals surface area contributed by atoms with Crippen LogP contribution in [0.25, 0.3) is 0 Å². The van der Waals surface area contributed by atoms with Crippen LogP contribution in [-0.4, -0.2) is 23.8 Å². The van der Waals surface area contributed by atoms with E-state index in [1.165, 1.54) is 38.5 Å². The zero-order valence-electron chi connectivity index (χ0n) is 11.5. The first-order valence-electron chi connectivity index (χ1n) is 7.58. The molecule has 0 bridgehead atoms. The minimum Gasteiger partial charge on any atom is -0.393 e. The summed E-state index contributed by atoms with van der Waals surface area (Å²) in [6.07, 6.45) is 8.90. The Balaban J connectivity index is 1.71. The number of hydrogen-bond acceptors (Lipinski definition) is 2. The fourth-order valence-electron chi connectivity index (χ4n) is 3.59. The fourth-order valence-corrected chi connectivity index (χ4v) is 3.59. The molecule has 100 valence electrons. The van der Waals surface area contributed by atoms with E-state index in [4.69, 9.17) is 0 Å². The molecule has 2 nitrogen and oxygen atoms in total. The lowest BCUT2D eigenvalue weighted by molar-refractivity contribution is 0.126. The molecule has 0 aromatic carbocycles. The monoisotopic (exact) mass is 239 g/mol. The maximum Gasteiger partial charge on any atom is 0.0580 e. The van der Waals surface area contributed by atoms with Crippen molar-refractivity contribution >= 4 is 0 Å². The molecule has 4 unspecified atom stereocenters. The highest BCUT2D eigenvalue weighted by molar-refractivity contribution is 4.83. The second-order valence-corrected chi connectivity index (χ2v) is 6.53. The van der Waals surface area contributed by atoms with E-state index in [1.807, 2.05) is 0 Å². The topological polar surface area (TPSA) is 32.3 Å². The summed E-state index contributed by atoms with van der Waals surface area (Å²) in [5, 5.41) is 13.5. The largest absolute Gasteiger partial charge is 0.393 e. The van der Waals surface area contributed by atoms with E-state index < -0.39 is 0 Å². The highest BCUT2D eigenvalue weighted by Crippen LogP contribution is 2.31. The summed E-state index contributed by atoms with van der Waals surface area (Å²) in [5.41, 5.74) is 0. The highest BCUT2D eigenvalue weighted by atomic mass is 16.3. The molecule has 2 aliphatic rings. The standard InChI is InChI=1S/C15H29NO/c1-11(2)12-5-3-7-14(9-12)16-10-13-6-4-8-15(13)17/h11-17H,3-10H2,1-2H3. The molecular formula is C15H29NO. The van der Waals surface area contributed by atoms with Gasteiger partial charge in [-0.25, -0.2) is 0 Å². The summed E-state index contributed by atoms with van der Waals surface area (Å²) in [5.74, 6) is 2.26. The van der Waals surface area contributed by atoms with Crippen molar-refractivity contribution in [1.29, 1.82) is 0 Å². The summed E-state index contributed by atoms with van der Waals surface area (Å²) in [6.45, 7) is 5.75. The van der Waals surface area contributed by atoms with E-state index in [2.05, 4.69) is 19.2 Å². The van der Waals surface area contributed by atoms with Crippen LogP contribution in [0, 0.1) is 17.8 Å². The third-order valence-corrected chi connectivity index (χ3v) is 4.95. The second kappa shape index (κ2) is 6.19. The van der Waals surface area contributed by atoms with Crippen LogP contribution >= 0.6 is 0 Å². The van der Waals surface area contributed by atoms with E-state index in [0.29, 0.717) is 12.0 Å². The SMILES string of the molecule is CC(C)C1CCCC(NCC2CCCC2O)C1. The van der Waals surface area contributed by atoms with E-state index in [-0.39, 0.29) is 6.10 Å². The molecule has 0 heterocycles. The number of nitrogens with one attached hydrogen (secondary N) is 1. The van der Waals surface area contributed by atoms with E-state index in [1.54, 1.807) is 0 Å². The fraction of sp³-hybridized carbons (Fsp3) is 1.00. The van der Waals surface area contributed by atoms with Crippen molar-refractivity contribution in [2.45, 2.75) is 70.9 Å². The van der Waals surface area contributed by atoms with Crippen molar-refractivity contribution in [3.05, 3.63) is 0 Å². The van der Waals surface area contributed by atoms with Crippen molar-refractivity contribution in [3.63, 3.8) is 0 Å². The molecule has 2 saturated carbocycles. The van der Waals surface area contributed by atoms with Gasteiger partial charge in [0, 0.05) is 12.6 Å². The molecule has 0 amide bonds. The van der Waals surface area contributed by atoms with Gasteiger partial charge in [0.25, 0.3) is 0 Å². The summed E-state index contributed by atoms with van der Waals surface area (Å²) in [4.78, 5) is 0. The van der Waals surface area contributed by atoms with Gasteiger partial charge in [0.1, 0.15) is 0 Å². The average Bonchev–Trinajstić information content (AvgIpc) is 2.72. The average molecular weight is 239 g/mol. The van der Waals surface area contributed by atoms with Crippen molar-refractivity contribution in [1.82, 2.24) is 5.32 Å². The molecule has 0 radical (unpaired) electrons. The van der Waals surface area contributed by atoms with Crippen LogP contribution in [-0.2, 0) is 0 Å². The Bertz CT molecular complexity index is 229. The van der Waals surface area contributed by atoms with E-state index >= 15 is 0 Å². The van der Waals surface area contributed by atoms with Gasteiger partial charge in [-0.2, -0.15) is 0 Å². The number of aliphatic hydroxyl groups excluding tert-OH is 1. The molecule has 0 aromatic rings. The summed E-state index contributed by atoms with van der Waals surface area (Å²) in [7, 11) is 0. The number of hydrogen-bond donors (Lipinski definition) is 2. The van der Waals surface area contributed by atoms with Gasteiger partial charge < -0.3 is 10.4 Å². The minimum atomic E-state index is -0.0352. The molecule has 0 saturated heterocycles. The molecule has 0 aromatic heterocycles. The summed E-state index contributed by atoms with van der Waals surface area (Å²) >= 11 is 0. The van der Waals surface area contributed by atoms with Crippen LogP contribution in [0.3, 0.4) is 0 Å². The first kappa shape index (κ1) is 13.4.